The molecule has 0 saturated carbocycles. The molecule has 2 atom stereocenters. The largest absolute Gasteiger partial charge is 0.461 e. The van der Waals surface area contributed by atoms with Gasteiger partial charge in [0.25, 0.3) is 0 Å². The minimum absolute atomic E-state index is 0.0460. The predicted molar refractivity (Wildman–Crippen MR) is 147 cm³/mol. The number of esters is 1. The smallest absolute Gasteiger partial charge is 0.339 e. The second-order valence-electron chi connectivity index (χ2n) is 9.23. The van der Waals surface area contributed by atoms with Crippen LogP contribution in [-0.2, 0) is 32.7 Å². The molecule has 2 N–H and O–H groups in total. The molecule has 0 heterocycles. The molecule has 4 aromatic rings. The zero-order valence-electron chi connectivity index (χ0n) is 21.2. The molecule has 0 aliphatic heterocycles. The third kappa shape index (κ3) is 7.54. The van der Waals surface area contributed by atoms with Gasteiger partial charge in [-0.2, -0.15) is 8.42 Å². The van der Waals surface area contributed by atoms with Gasteiger partial charge >= 0.3 is 16.1 Å². The molecular weight excluding hydrogens is 498 g/mol. The van der Waals surface area contributed by atoms with Crippen LogP contribution in [0.3, 0.4) is 0 Å². The van der Waals surface area contributed by atoms with Crippen molar-refractivity contribution in [3.8, 4) is 5.75 Å². The van der Waals surface area contributed by atoms with Crippen LogP contribution in [0.4, 0.5) is 0 Å². The van der Waals surface area contributed by atoms with E-state index < -0.39 is 16.2 Å². The highest BCUT2D eigenvalue weighted by atomic mass is 32.2. The molecule has 4 aromatic carbocycles. The van der Waals surface area contributed by atoms with Crippen LogP contribution in [0.25, 0.3) is 0 Å². The maximum Gasteiger partial charge on any atom is 0.339 e. The lowest BCUT2D eigenvalue weighted by molar-refractivity contribution is -0.145. The molecule has 4 rings (SSSR count). The van der Waals surface area contributed by atoms with E-state index in [1.165, 1.54) is 12.1 Å². The van der Waals surface area contributed by atoms with Gasteiger partial charge in [0.1, 0.15) is 17.3 Å². The Balaban J connectivity index is 1.47. The van der Waals surface area contributed by atoms with E-state index in [1.54, 1.807) is 36.4 Å². The molecule has 0 aliphatic rings. The summed E-state index contributed by atoms with van der Waals surface area (Å²) in [7, 11) is -3.96. The van der Waals surface area contributed by atoms with E-state index in [0.717, 1.165) is 22.3 Å². The summed E-state index contributed by atoms with van der Waals surface area (Å²) in [5, 5.41) is 0. The first-order valence-corrected chi connectivity index (χ1v) is 13.8. The van der Waals surface area contributed by atoms with E-state index in [0.29, 0.717) is 6.42 Å². The summed E-state index contributed by atoms with van der Waals surface area (Å²) in [6.45, 7) is 2.08. The van der Waals surface area contributed by atoms with Gasteiger partial charge in [0.2, 0.25) is 0 Å². The fourth-order valence-corrected chi connectivity index (χ4v) is 5.10. The van der Waals surface area contributed by atoms with Crippen LogP contribution in [0.5, 0.6) is 5.75 Å². The van der Waals surface area contributed by atoms with E-state index in [1.807, 2.05) is 67.6 Å². The third-order valence-electron chi connectivity index (χ3n) is 6.28. The van der Waals surface area contributed by atoms with E-state index in [2.05, 4.69) is 0 Å². The van der Waals surface area contributed by atoms with Crippen molar-refractivity contribution in [3.63, 3.8) is 0 Å². The molecule has 0 fully saturated rings. The molecule has 7 heteroatoms. The van der Waals surface area contributed by atoms with Gasteiger partial charge in [-0.15, -0.1) is 0 Å². The van der Waals surface area contributed by atoms with Crippen molar-refractivity contribution >= 4 is 16.1 Å². The number of carbonyl (C=O) groups is 1. The number of carbonyl (C=O) groups excluding carboxylic acids is 1. The van der Waals surface area contributed by atoms with Gasteiger partial charge in [-0.3, -0.25) is 4.79 Å². The lowest BCUT2D eigenvalue weighted by Gasteiger charge is -2.24. The van der Waals surface area contributed by atoms with Crippen LogP contribution in [0.1, 0.15) is 34.6 Å². The molecule has 0 spiro atoms. The summed E-state index contributed by atoms with van der Waals surface area (Å²) in [5.41, 5.74) is 10.4. The van der Waals surface area contributed by atoms with Gasteiger partial charge in [-0.05, 0) is 54.3 Å². The van der Waals surface area contributed by atoms with Crippen LogP contribution in [-0.4, -0.2) is 20.4 Å². The summed E-state index contributed by atoms with van der Waals surface area (Å²) in [6, 6.07) is 32.2. The average Bonchev–Trinajstić information content (AvgIpc) is 2.92. The SMILES string of the molecule is Cc1ccc(S(=O)(=O)Oc2ccc(C(Cc3ccccc3)C(N)CC(=O)OCc3ccccc3)cc2)cc1. The quantitative estimate of drug-likeness (QED) is 0.202. The van der Waals surface area contributed by atoms with E-state index in [9.17, 15) is 13.2 Å². The zero-order valence-corrected chi connectivity index (χ0v) is 22.0. The number of nitrogens with two attached hydrogens (primary N) is 1. The number of rotatable bonds is 11. The number of hydrogen-bond acceptors (Lipinski definition) is 6. The van der Waals surface area contributed by atoms with Crippen LogP contribution in [0, 0.1) is 6.92 Å². The van der Waals surface area contributed by atoms with Crippen molar-refractivity contribution in [1.82, 2.24) is 0 Å². The van der Waals surface area contributed by atoms with Gasteiger partial charge in [-0.1, -0.05) is 90.5 Å². The first-order valence-electron chi connectivity index (χ1n) is 12.4. The lowest BCUT2D eigenvalue weighted by Crippen LogP contribution is -2.33. The Labute approximate surface area is 224 Å². The highest BCUT2D eigenvalue weighted by molar-refractivity contribution is 7.87. The van der Waals surface area contributed by atoms with Gasteiger partial charge in [0.05, 0.1) is 6.42 Å². The molecule has 196 valence electrons. The van der Waals surface area contributed by atoms with Crippen molar-refractivity contribution in [2.45, 2.75) is 43.2 Å². The Morgan fingerprint density at radius 2 is 1.37 bits per heavy atom. The van der Waals surface area contributed by atoms with Crippen molar-refractivity contribution in [2.24, 2.45) is 5.73 Å². The van der Waals surface area contributed by atoms with E-state index in [4.69, 9.17) is 14.7 Å². The minimum Gasteiger partial charge on any atom is -0.461 e. The topological polar surface area (TPSA) is 95.7 Å². The molecule has 0 aromatic heterocycles. The highest BCUT2D eigenvalue weighted by Crippen LogP contribution is 2.28. The van der Waals surface area contributed by atoms with E-state index in [-0.39, 0.29) is 35.6 Å². The van der Waals surface area contributed by atoms with Gasteiger partial charge in [-0.25, -0.2) is 0 Å². The Kier molecular flexibility index (Phi) is 8.94. The fraction of sp³-hybridized carbons (Fsp3) is 0.194. The number of ether oxygens (including phenoxy) is 1. The average molecular weight is 530 g/mol. The molecule has 0 aliphatic carbocycles. The standard InChI is InChI=1S/C31H31NO5S/c1-23-12-18-28(19-13-23)38(34,35)37-27-16-14-26(15-17-27)29(20-24-8-4-2-5-9-24)30(32)21-31(33)36-22-25-10-6-3-7-11-25/h2-19,29-30H,20-22,32H2,1H3. The molecule has 0 saturated heterocycles. The third-order valence-corrected chi connectivity index (χ3v) is 7.55. The Bertz CT molecular complexity index is 1420. The van der Waals surface area contributed by atoms with Crippen molar-refractivity contribution < 1.29 is 22.1 Å². The predicted octanol–water partition coefficient (Wildman–Crippen LogP) is 5.55. The van der Waals surface area contributed by atoms with Crippen molar-refractivity contribution in [3.05, 3.63) is 131 Å². The van der Waals surface area contributed by atoms with Gasteiger partial charge < -0.3 is 14.7 Å². The Morgan fingerprint density at radius 3 is 1.97 bits per heavy atom. The molecule has 0 bridgehead atoms. The minimum atomic E-state index is -3.96. The molecule has 2 unspecified atom stereocenters. The summed E-state index contributed by atoms with van der Waals surface area (Å²) in [5.74, 6) is -0.378. The maximum absolute atomic E-state index is 12.7. The normalized spacial score (nSPS) is 12.9. The fourth-order valence-electron chi connectivity index (χ4n) is 4.17. The Hall–Kier alpha value is -3.94. The summed E-state index contributed by atoms with van der Waals surface area (Å²) in [6.07, 6.45) is 0.653. The summed E-state index contributed by atoms with van der Waals surface area (Å²) >= 11 is 0. The molecule has 6 nitrogen and oxygen atoms in total. The van der Waals surface area contributed by atoms with Crippen LogP contribution >= 0.6 is 0 Å². The number of benzene rings is 4. The number of aryl methyl sites for hydroxylation is 1. The van der Waals surface area contributed by atoms with Crippen molar-refractivity contribution in [2.75, 3.05) is 0 Å². The zero-order chi connectivity index (χ0) is 27.0. The monoisotopic (exact) mass is 529 g/mol. The van der Waals surface area contributed by atoms with Crippen molar-refractivity contribution in [1.29, 1.82) is 0 Å². The lowest BCUT2D eigenvalue weighted by atomic mass is 9.85. The van der Waals surface area contributed by atoms with E-state index >= 15 is 0 Å². The molecule has 0 amide bonds. The second-order valence-corrected chi connectivity index (χ2v) is 10.8. The highest BCUT2D eigenvalue weighted by Gasteiger charge is 2.24. The van der Waals surface area contributed by atoms with Gasteiger partial charge in [0.15, 0.2) is 0 Å². The van der Waals surface area contributed by atoms with Crippen LogP contribution in [0.15, 0.2) is 114 Å². The first-order chi connectivity index (χ1) is 18.3. The second kappa shape index (κ2) is 12.5. The first kappa shape index (κ1) is 27.1. The number of hydrogen-bond donors (Lipinski definition) is 1. The molecule has 0 radical (unpaired) electrons. The summed E-state index contributed by atoms with van der Waals surface area (Å²) in [4.78, 5) is 12.7. The Morgan fingerprint density at radius 1 is 0.789 bits per heavy atom. The molecular formula is C31H31NO5S. The van der Waals surface area contributed by atoms with Gasteiger partial charge in [0, 0.05) is 12.0 Å². The van der Waals surface area contributed by atoms with Crippen LogP contribution < -0.4 is 9.92 Å². The molecule has 38 heavy (non-hydrogen) atoms. The van der Waals surface area contributed by atoms with Crippen LogP contribution in [0.2, 0.25) is 0 Å². The summed E-state index contributed by atoms with van der Waals surface area (Å²) < 4.78 is 36.1. The maximum atomic E-state index is 12.7.